The highest BCUT2D eigenvalue weighted by Gasteiger charge is 2.18. The Labute approximate surface area is 76.1 Å². The summed E-state index contributed by atoms with van der Waals surface area (Å²) in [6.07, 6.45) is -3.17. The fourth-order valence-electron chi connectivity index (χ4n) is 0.890. The molecule has 0 heterocycles. The fraction of sp³-hybridized carbons (Fsp3) is 0.250. The van der Waals surface area contributed by atoms with Gasteiger partial charge in [-0.25, -0.2) is 22.0 Å². The Kier molecular flexibility index (Phi) is 3.27. The topological polar surface area (TPSA) is 9.23 Å². The van der Waals surface area contributed by atoms with Crippen LogP contribution in [0.25, 0.3) is 0 Å². The van der Waals surface area contributed by atoms with Gasteiger partial charge in [0.05, 0.1) is 5.56 Å². The number of hydrogen-bond acceptors (Lipinski definition) is 1. The molecule has 14 heavy (non-hydrogen) atoms. The second-order valence-corrected chi connectivity index (χ2v) is 2.36. The summed E-state index contributed by atoms with van der Waals surface area (Å²) in [5.74, 6) is -3.61. The van der Waals surface area contributed by atoms with Crippen molar-refractivity contribution in [3.63, 3.8) is 0 Å². The minimum atomic E-state index is -3.17. The molecule has 0 N–H and O–H groups in total. The van der Waals surface area contributed by atoms with Crippen LogP contribution in [0.2, 0.25) is 0 Å². The molecule has 0 unspecified atom stereocenters. The van der Waals surface area contributed by atoms with E-state index < -0.39 is 36.2 Å². The Bertz CT molecular complexity index is 326. The van der Waals surface area contributed by atoms with Gasteiger partial charge in [-0.05, 0) is 6.07 Å². The lowest BCUT2D eigenvalue weighted by Crippen LogP contribution is -1.98. The van der Waals surface area contributed by atoms with E-state index in [2.05, 4.69) is 4.74 Å². The van der Waals surface area contributed by atoms with Crippen molar-refractivity contribution >= 4 is 0 Å². The number of halogens is 5. The van der Waals surface area contributed by atoms with Crippen LogP contribution in [-0.2, 0) is 0 Å². The largest absolute Gasteiger partial charge is 0.463 e. The predicted octanol–water partition coefficient (Wildman–Crippen LogP) is 3.21. The second kappa shape index (κ2) is 4.26. The molecule has 78 valence electrons. The number of hydrogen-bond donors (Lipinski definition) is 0. The average molecular weight is 212 g/mol. The van der Waals surface area contributed by atoms with E-state index in [1.54, 1.807) is 0 Å². The molecule has 0 saturated carbocycles. The number of rotatable bonds is 3. The van der Waals surface area contributed by atoms with Crippen LogP contribution in [0.4, 0.5) is 22.0 Å². The molecule has 1 aromatic carbocycles. The maximum Gasteiger partial charge on any atom is 0.266 e. The second-order valence-electron chi connectivity index (χ2n) is 2.36. The summed E-state index contributed by atoms with van der Waals surface area (Å²) >= 11 is 0. The Hall–Kier alpha value is -1.33. The van der Waals surface area contributed by atoms with E-state index in [-0.39, 0.29) is 0 Å². The van der Waals surface area contributed by atoms with Crippen LogP contribution in [-0.4, -0.2) is 6.86 Å². The summed E-state index contributed by atoms with van der Waals surface area (Å²) in [5, 5.41) is 0. The van der Waals surface area contributed by atoms with E-state index in [4.69, 9.17) is 0 Å². The van der Waals surface area contributed by atoms with Crippen LogP contribution < -0.4 is 4.74 Å². The molecule has 1 aromatic rings. The quantitative estimate of drug-likeness (QED) is 0.699. The maximum absolute atomic E-state index is 12.7. The van der Waals surface area contributed by atoms with Crippen LogP contribution >= 0.6 is 0 Å². The van der Waals surface area contributed by atoms with Gasteiger partial charge in [0.2, 0.25) is 6.86 Å². The first-order valence-corrected chi connectivity index (χ1v) is 3.52. The standard InChI is InChI=1S/C8H5F5O/c9-3-14-4-1-5(8(12)13)7(11)6(10)2-4/h1-2,8H,3H2. The third-order valence-electron chi connectivity index (χ3n) is 1.49. The van der Waals surface area contributed by atoms with E-state index in [0.717, 1.165) is 0 Å². The Morgan fingerprint density at radius 3 is 2.36 bits per heavy atom. The van der Waals surface area contributed by atoms with Gasteiger partial charge in [0.15, 0.2) is 11.6 Å². The molecule has 0 spiro atoms. The SMILES string of the molecule is FCOc1cc(F)c(F)c(C(F)F)c1. The number of alkyl halides is 3. The Balaban J connectivity index is 3.14. The van der Waals surface area contributed by atoms with Crippen molar-refractivity contribution in [2.75, 3.05) is 6.86 Å². The van der Waals surface area contributed by atoms with Gasteiger partial charge in [-0.1, -0.05) is 0 Å². The minimum Gasteiger partial charge on any atom is -0.463 e. The van der Waals surface area contributed by atoms with Crippen LogP contribution in [0.15, 0.2) is 12.1 Å². The minimum absolute atomic E-state index is 0.471. The first kappa shape index (κ1) is 10.7. The van der Waals surface area contributed by atoms with Gasteiger partial charge >= 0.3 is 0 Å². The van der Waals surface area contributed by atoms with Crippen molar-refractivity contribution in [1.29, 1.82) is 0 Å². The third kappa shape index (κ3) is 2.12. The summed E-state index contributed by atoms with van der Waals surface area (Å²) in [6, 6.07) is 1.06. The highest BCUT2D eigenvalue weighted by Crippen LogP contribution is 2.28. The molecule has 1 nitrogen and oxygen atoms in total. The van der Waals surface area contributed by atoms with Gasteiger partial charge in [0.1, 0.15) is 5.75 Å². The molecule has 0 fully saturated rings. The zero-order valence-electron chi connectivity index (χ0n) is 6.74. The van der Waals surface area contributed by atoms with Gasteiger partial charge in [-0.3, -0.25) is 0 Å². The van der Waals surface area contributed by atoms with Gasteiger partial charge in [-0.15, -0.1) is 0 Å². The molecule has 1 rings (SSSR count). The highest BCUT2D eigenvalue weighted by molar-refractivity contribution is 5.31. The maximum atomic E-state index is 12.7. The third-order valence-corrected chi connectivity index (χ3v) is 1.49. The lowest BCUT2D eigenvalue weighted by atomic mass is 10.2. The van der Waals surface area contributed by atoms with E-state index in [1.807, 2.05) is 0 Å². The Morgan fingerprint density at radius 2 is 1.86 bits per heavy atom. The van der Waals surface area contributed by atoms with Crippen molar-refractivity contribution in [2.45, 2.75) is 6.43 Å². The van der Waals surface area contributed by atoms with Crippen molar-refractivity contribution < 1.29 is 26.7 Å². The summed E-state index contributed by atoms with van der Waals surface area (Å²) < 4.78 is 65.2. The van der Waals surface area contributed by atoms with E-state index in [9.17, 15) is 22.0 Å². The van der Waals surface area contributed by atoms with E-state index in [0.29, 0.717) is 12.1 Å². The molecule has 0 aromatic heterocycles. The summed E-state index contributed by atoms with van der Waals surface area (Å²) in [6.45, 7) is -1.30. The summed E-state index contributed by atoms with van der Waals surface area (Å²) in [7, 11) is 0. The van der Waals surface area contributed by atoms with Crippen molar-refractivity contribution in [2.24, 2.45) is 0 Å². The number of benzene rings is 1. The first-order chi connectivity index (χ1) is 6.56. The average Bonchev–Trinajstić information content (AvgIpc) is 2.11. The molecule has 0 saturated heterocycles. The summed E-state index contributed by atoms with van der Waals surface area (Å²) in [5.41, 5.74) is -1.14. The van der Waals surface area contributed by atoms with E-state index in [1.165, 1.54) is 0 Å². The molecular formula is C8H5F5O. The van der Waals surface area contributed by atoms with Crippen molar-refractivity contribution in [1.82, 2.24) is 0 Å². The molecular weight excluding hydrogens is 207 g/mol. The molecule has 0 aliphatic heterocycles. The molecule has 0 aliphatic rings. The predicted molar refractivity (Wildman–Crippen MR) is 37.9 cm³/mol. The normalized spacial score (nSPS) is 10.7. The van der Waals surface area contributed by atoms with Crippen LogP contribution in [0.3, 0.4) is 0 Å². The van der Waals surface area contributed by atoms with Crippen molar-refractivity contribution in [3.8, 4) is 5.75 Å². The van der Waals surface area contributed by atoms with Gasteiger partial charge in [0, 0.05) is 6.07 Å². The van der Waals surface area contributed by atoms with Crippen LogP contribution in [0, 0.1) is 11.6 Å². The number of ether oxygens (including phenoxy) is 1. The molecule has 6 heteroatoms. The fourth-order valence-corrected chi connectivity index (χ4v) is 0.890. The van der Waals surface area contributed by atoms with E-state index >= 15 is 0 Å². The molecule has 0 amide bonds. The van der Waals surface area contributed by atoms with Crippen LogP contribution in [0.1, 0.15) is 12.0 Å². The van der Waals surface area contributed by atoms with Gasteiger partial charge < -0.3 is 4.74 Å². The lowest BCUT2D eigenvalue weighted by molar-refractivity contribution is 0.142. The lowest BCUT2D eigenvalue weighted by Gasteiger charge is -2.06. The smallest absolute Gasteiger partial charge is 0.266 e. The zero-order valence-corrected chi connectivity index (χ0v) is 6.74. The molecule has 0 radical (unpaired) electrons. The first-order valence-electron chi connectivity index (χ1n) is 3.52. The highest BCUT2D eigenvalue weighted by atomic mass is 19.3. The zero-order chi connectivity index (χ0) is 10.7. The molecule has 0 atom stereocenters. The molecule has 0 bridgehead atoms. The monoisotopic (exact) mass is 212 g/mol. The summed E-state index contributed by atoms with van der Waals surface area (Å²) in [4.78, 5) is 0. The van der Waals surface area contributed by atoms with Gasteiger partial charge in [0.25, 0.3) is 6.43 Å². The van der Waals surface area contributed by atoms with Crippen molar-refractivity contribution in [3.05, 3.63) is 29.3 Å². The molecule has 0 aliphatic carbocycles. The Morgan fingerprint density at radius 1 is 1.21 bits per heavy atom. The van der Waals surface area contributed by atoms with Crippen LogP contribution in [0.5, 0.6) is 5.75 Å². The van der Waals surface area contributed by atoms with Gasteiger partial charge in [-0.2, -0.15) is 0 Å².